The van der Waals surface area contributed by atoms with E-state index in [1.807, 2.05) is 44.3 Å². The molecule has 1 amide bonds. The summed E-state index contributed by atoms with van der Waals surface area (Å²) in [5, 5.41) is 15.0. The number of nitrogens with zero attached hydrogens (tertiary/aromatic N) is 2. The van der Waals surface area contributed by atoms with Gasteiger partial charge in [-0.15, -0.1) is 0 Å². The third-order valence-corrected chi connectivity index (χ3v) is 4.50. The van der Waals surface area contributed by atoms with E-state index in [9.17, 15) is 4.79 Å². The molecular formula is C23H25N6O+. The van der Waals surface area contributed by atoms with Crippen LogP contribution in [0.25, 0.3) is 5.57 Å². The maximum absolute atomic E-state index is 12.3. The van der Waals surface area contributed by atoms with Crippen molar-refractivity contribution in [2.45, 2.75) is 32.7 Å². The second kappa shape index (κ2) is 9.52. The van der Waals surface area contributed by atoms with E-state index in [4.69, 9.17) is 11.0 Å². The zero-order chi connectivity index (χ0) is 21.5. The molecule has 0 bridgehead atoms. The molecule has 0 spiro atoms. The molecule has 1 aliphatic rings. The highest BCUT2D eigenvalue weighted by Crippen LogP contribution is 2.25. The van der Waals surface area contributed by atoms with Crippen LogP contribution in [-0.2, 0) is 4.79 Å². The van der Waals surface area contributed by atoms with E-state index in [2.05, 4.69) is 32.8 Å². The number of pyridine rings is 1. The molecule has 1 aromatic heterocycles. The first-order chi connectivity index (χ1) is 14.5. The van der Waals surface area contributed by atoms with Gasteiger partial charge in [0.1, 0.15) is 6.07 Å². The first-order valence-corrected chi connectivity index (χ1v) is 9.80. The molecule has 0 saturated carbocycles. The third-order valence-electron chi connectivity index (χ3n) is 4.50. The summed E-state index contributed by atoms with van der Waals surface area (Å²) in [6.07, 6.45) is 7.44. The van der Waals surface area contributed by atoms with E-state index in [1.54, 1.807) is 18.2 Å². The number of nitrogens with one attached hydrogen (secondary N) is 3. The maximum atomic E-state index is 12.3. The number of allylic oxidation sites excluding steroid dienone is 3. The summed E-state index contributed by atoms with van der Waals surface area (Å²) >= 11 is 0. The van der Waals surface area contributed by atoms with Gasteiger partial charge in [0.2, 0.25) is 5.91 Å². The molecule has 1 aromatic carbocycles. The summed E-state index contributed by atoms with van der Waals surface area (Å²) in [4.78, 5) is 19.7. The maximum Gasteiger partial charge on any atom is 0.325 e. The second-order valence-corrected chi connectivity index (χ2v) is 7.24. The molecule has 1 heterocycles. The fraction of sp³-hybridized carbons (Fsp3) is 0.217. The molecule has 2 aromatic rings. The summed E-state index contributed by atoms with van der Waals surface area (Å²) in [6.45, 7) is 3.90. The van der Waals surface area contributed by atoms with Crippen LogP contribution in [0.5, 0.6) is 0 Å². The van der Waals surface area contributed by atoms with Crippen molar-refractivity contribution >= 4 is 28.9 Å². The highest BCUT2D eigenvalue weighted by molar-refractivity contribution is 5.97. The van der Waals surface area contributed by atoms with E-state index < -0.39 is 0 Å². The number of H-pyrrole nitrogens is 1. The van der Waals surface area contributed by atoms with Gasteiger partial charge >= 0.3 is 11.8 Å². The SMILES string of the molecule is CC(C)NC(=O)C1=CC(c2ccc(N=C(N)Nc3ccccc3C#N)[nH+]c2)=CCC1. The Bertz CT molecular complexity index is 1060. The molecule has 5 N–H and O–H groups in total. The molecule has 0 unspecified atom stereocenters. The minimum atomic E-state index is -0.0164. The lowest BCUT2D eigenvalue weighted by Crippen LogP contribution is -2.31. The summed E-state index contributed by atoms with van der Waals surface area (Å²) in [5.74, 6) is 0.722. The fourth-order valence-corrected chi connectivity index (χ4v) is 3.09. The Morgan fingerprint density at radius 2 is 2.07 bits per heavy atom. The van der Waals surface area contributed by atoms with Gasteiger partial charge in [-0.05, 0) is 61.5 Å². The predicted octanol–water partition coefficient (Wildman–Crippen LogP) is 3.06. The van der Waals surface area contributed by atoms with Gasteiger partial charge in [-0.25, -0.2) is 4.98 Å². The van der Waals surface area contributed by atoms with Gasteiger partial charge in [0, 0.05) is 23.2 Å². The van der Waals surface area contributed by atoms with Crippen molar-refractivity contribution in [3.8, 4) is 6.07 Å². The number of nitrogens with two attached hydrogens (primary N) is 1. The number of rotatable bonds is 5. The van der Waals surface area contributed by atoms with Gasteiger partial charge in [0.25, 0.3) is 0 Å². The van der Waals surface area contributed by atoms with Crippen LogP contribution in [0.4, 0.5) is 11.5 Å². The minimum Gasteiger partial charge on any atom is -0.350 e. The van der Waals surface area contributed by atoms with E-state index in [0.717, 1.165) is 29.6 Å². The zero-order valence-electron chi connectivity index (χ0n) is 17.1. The number of nitriles is 1. The van der Waals surface area contributed by atoms with E-state index in [1.165, 1.54) is 0 Å². The number of aromatic nitrogens is 1. The number of hydrogen-bond acceptors (Lipinski definition) is 3. The van der Waals surface area contributed by atoms with Gasteiger partial charge in [0.15, 0.2) is 0 Å². The Morgan fingerprint density at radius 3 is 2.77 bits per heavy atom. The summed E-state index contributed by atoms with van der Waals surface area (Å²) in [5.41, 5.74) is 9.81. The molecule has 1 aliphatic carbocycles. The average molecular weight is 401 g/mol. The number of aromatic amines is 1. The number of para-hydroxylation sites is 1. The minimum absolute atomic E-state index is 0.0164. The molecular weight excluding hydrogens is 376 g/mol. The van der Waals surface area contributed by atoms with Crippen molar-refractivity contribution in [1.82, 2.24) is 5.32 Å². The molecule has 7 nitrogen and oxygen atoms in total. The molecule has 0 aliphatic heterocycles. The van der Waals surface area contributed by atoms with Crippen LogP contribution in [0.3, 0.4) is 0 Å². The van der Waals surface area contributed by atoms with Gasteiger partial charge < -0.3 is 16.4 Å². The largest absolute Gasteiger partial charge is 0.350 e. The van der Waals surface area contributed by atoms with Crippen molar-refractivity contribution in [1.29, 1.82) is 5.26 Å². The number of guanidine groups is 1. The monoisotopic (exact) mass is 401 g/mol. The Kier molecular flexibility index (Phi) is 6.60. The van der Waals surface area contributed by atoms with Crippen molar-refractivity contribution in [3.05, 3.63) is 71.4 Å². The van der Waals surface area contributed by atoms with Crippen LogP contribution < -0.4 is 21.4 Å². The van der Waals surface area contributed by atoms with Crippen molar-refractivity contribution in [2.75, 3.05) is 5.32 Å². The van der Waals surface area contributed by atoms with Gasteiger partial charge in [-0.1, -0.05) is 18.2 Å². The Balaban J connectivity index is 1.72. The number of carbonyl (C=O) groups excluding carboxylic acids is 1. The van der Waals surface area contributed by atoms with E-state index >= 15 is 0 Å². The second-order valence-electron chi connectivity index (χ2n) is 7.24. The lowest BCUT2D eigenvalue weighted by molar-refractivity contribution is -0.362. The highest BCUT2D eigenvalue weighted by atomic mass is 16.1. The number of hydrogen-bond donors (Lipinski definition) is 3. The number of anilines is 1. The zero-order valence-corrected chi connectivity index (χ0v) is 17.1. The predicted molar refractivity (Wildman–Crippen MR) is 118 cm³/mol. The average Bonchev–Trinajstić information content (AvgIpc) is 2.74. The molecule has 0 saturated heterocycles. The normalized spacial score (nSPS) is 13.9. The number of amides is 1. The lowest BCUT2D eigenvalue weighted by Gasteiger charge is -2.15. The van der Waals surface area contributed by atoms with Crippen LogP contribution in [-0.4, -0.2) is 17.9 Å². The van der Waals surface area contributed by atoms with Crippen LogP contribution in [0, 0.1) is 11.3 Å². The lowest BCUT2D eigenvalue weighted by atomic mass is 9.95. The van der Waals surface area contributed by atoms with Gasteiger partial charge in [0.05, 0.1) is 17.4 Å². The quantitative estimate of drug-likeness (QED) is 0.527. The smallest absolute Gasteiger partial charge is 0.325 e. The fourth-order valence-electron chi connectivity index (χ4n) is 3.09. The van der Waals surface area contributed by atoms with Crippen molar-refractivity contribution in [2.24, 2.45) is 10.7 Å². The van der Waals surface area contributed by atoms with Crippen LogP contribution in [0.1, 0.15) is 37.8 Å². The molecule has 0 atom stereocenters. The Hall–Kier alpha value is -3.92. The van der Waals surface area contributed by atoms with Gasteiger partial charge in [-0.3, -0.25) is 4.79 Å². The number of aliphatic imine (C=N–C) groups is 1. The third kappa shape index (κ3) is 5.32. The highest BCUT2D eigenvalue weighted by Gasteiger charge is 2.16. The van der Waals surface area contributed by atoms with E-state index in [0.29, 0.717) is 17.1 Å². The first-order valence-electron chi connectivity index (χ1n) is 9.80. The molecule has 0 radical (unpaired) electrons. The summed E-state index contributed by atoms with van der Waals surface area (Å²) < 4.78 is 0. The van der Waals surface area contributed by atoms with Crippen molar-refractivity contribution in [3.63, 3.8) is 0 Å². The van der Waals surface area contributed by atoms with Crippen LogP contribution >= 0.6 is 0 Å². The van der Waals surface area contributed by atoms with E-state index in [-0.39, 0.29) is 17.9 Å². The summed E-state index contributed by atoms with van der Waals surface area (Å²) in [7, 11) is 0. The number of carbonyl (C=O) groups is 1. The van der Waals surface area contributed by atoms with Gasteiger partial charge in [-0.2, -0.15) is 5.26 Å². The molecule has 0 fully saturated rings. The summed E-state index contributed by atoms with van der Waals surface area (Å²) in [6, 6.07) is 13.0. The number of benzene rings is 1. The van der Waals surface area contributed by atoms with Crippen LogP contribution in [0.15, 0.2) is 65.3 Å². The molecule has 7 heteroatoms. The molecule has 30 heavy (non-hydrogen) atoms. The topological polar surface area (TPSA) is 117 Å². The van der Waals surface area contributed by atoms with Crippen molar-refractivity contribution < 1.29 is 9.78 Å². The Labute approximate surface area is 176 Å². The molecule has 152 valence electrons. The van der Waals surface area contributed by atoms with Crippen LogP contribution in [0.2, 0.25) is 0 Å². The standard InChI is InChI=1S/C23H24N6O/c1-15(2)27-22(30)17-8-5-7-16(12-17)19-10-11-21(26-14-19)29-23(25)28-20-9-4-3-6-18(20)13-24/h3-4,6-7,9-12,14-15H,5,8H2,1-2H3,(H,27,30)(H3,25,26,28,29)/p+1. The molecule has 3 rings (SSSR count). The Morgan fingerprint density at radius 1 is 1.27 bits per heavy atom. The first kappa shape index (κ1) is 20.8.